The molecule has 1 N–H and O–H groups in total. The summed E-state index contributed by atoms with van der Waals surface area (Å²) in [7, 11) is 2.97. The normalized spacial score (nSPS) is 10.7. The Morgan fingerprint density at radius 2 is 1.86 bits per heavy atom. The molecule has 9 nitrogen and oxygen atoms in total. The molecule has 0 aliphatic rings. The highest BCUT2D eigenvalue weighted by Crippen LogP contribution is 2.24. The minimum absolute atomic E-state index is 0.250. The van der Waals surface area contributed by atoms with Gasteiger partial charge in [-0.1, -0.05) is 18.2 Å². The van der Waals surface area contributed by atoms with Gasteiger partial charge in [-0.3, -0.25) is 15.0 Å². The summed E-state index contributed by atoms with van der Waals surface area (Å²) in [6.07, 6.45) is 2.67. The Morgan fingerprint density at radius 3 is 2.59 bits per heavy atom. The largest absolute Gasteiger partial charge is 0.497 e. The molecule has 0 saturated heterocycles. The predicted molar refractivity (Wildman–Crippen MR) is 106 cm³/mol. The standard InChI is InChI=1S/C20H17N5O4/c1-28-14-8-9-15(17(10-14)29-2)19(26)23-24-12-21-18-16(20(24)27)11-22-25(18)13-6-4-3-5-7-13/h3-12H,1-2H3,(H,23,26). The van der Waals surface area contributed by atoms with Gasteiger partial charge in [-0.15, -0.1) is 0 Å². The van der Waals surface area contributed by atoms with E-state index in [0.29, 0.717) is 17.1 Å². The van der Waals surface area contributed by atoms with Crippen molar-refractivity contribution in [2.24, 2.45) is 0 Å². The van der Waals surface area contributed by atoms with Crippen LogP contribution >= 0.6 is 0 Å². The van der Waals surface area contributed by atoms with Gasteiger partial charge in [-0.05, 0) is 24.3 Å². The van der Waals surface area contributed by atoms with Crippen LogP contribution in [0.5, 0.6) is 11.5 Å². The number of ether oxygens (including phenoxy) is 2. The zero-order valence-electron chi connectivity index (χ0n) is 15.7. The van der Waals surface area contributed by atoms with Gasteiger partial charge in [-0.25, -0.2) is 14.3 Å². The molecule has 0 fully saturated rings. The number of fused-ring (bicyclic) bond motifs is 1. The third kappa shape index (κ3) is 3.29. The lowest BCUT2D eigenvalue weighted by atomic mass is 10.2. The third-order valence-corrected chi connectivity index (χ3v) is 4.36. The maximum Gasteiger partial charge on any atom is 0.283 e. The van der Waals surface area contributed by atoms with E-state index < -0.39 is 11.5 Å². The Kier molecular flexibility index (Phi) is 4.70. The highest BCUT2D eigenvalue weighted by Gasteiger charge is 2.16. The number of aromatic nitrogens is 4. The quantitative estimate of drug-likeness (QED) is 0.558. The van der Waals surface area contributed by atoms with Crippen molar-refractivity contribution < 1.29 is 14.3 Å². The Morgan fingerprint density at radius 1 is 1.07 bits per heavy atom. The van der Waals surface area contributed by atoms with Gasteiger partial charge in [0.05, 0.1) is 31.7 Å². The summed E-state index contributed by atoms with van der Waals surface area (Å²) in [5, 5.41) is 4.52. The Hall–Kier alpha value is -4.14. The number of nitrogens with zero attached hydrogens (tertiary/aromatic N) is 4. The molecule has 0 radical (unpaired) electrons. The lowest BCUT2D eigenvalue weighted by molar-refractivity contribution is 0.100. The zero-order chi connectivity index (χ0) is 20.4. The van der Waals surface area contributed by atoms with Gasteiger partial charge in [0.2, 0.25) is 0 Å². The van der Waals surface area contributed by atoms with Crippen LogP contribution in [0.1, 0.15) is 10.4 Å². The summed E-state index contributed by atoms with van der Waals surface area (Å²) in [6, 6.07) is 14.1. The fourth-order valence-electron chi connectivity index (χ4n) is 2.91. The van der Waals surface area contributed by atoms with E-state index in [4.69, 9.17) is 9.47 Å². The smallest absolute Gasteiger partial charge is 0.283 e. The van der Waals surface area contributed by atoms with E-state index in [1.165, 1.54) is 26.7 Å². The van der Waals surface area contributed by atoms with E-state index in [9.17, 15) is 9.59 Å². The van der Waals surface area contributed by atoms with Crippen molar-refractivity contribution in [2.45, 2.75) is 0 Å². The van der Waals surface area contributed by atoms with E-state index in [1.807, 2.05) is 30.3 Å². The van der Waals surface area contributed by atoms with Crippen LogP contribution in [-0.4, -0.2) is 39.6 Å². The van der Waals surface area contributed by atoms with Crippen molar-refractivity contribution in [3.05, 3.63) is 77.0 Å². The summed E-state index contributed by atoms with van der Waals surface area (Å²) in [5.41, 5.74) is 3.50. The molecular weight excluding hydrogens is 374 g/mol. The molecule has 4 rings (SSSR count). The number of carbonyl (C=O) groups excluding carboxylic acids is 1. The molecule has 2 aromatic carbocycles. The van der Waals surface area contributed by atoms with Crippen molar-refractivity contribution in [2.75, 3.05) is 19.6 Å². The number of hydrogen-bond donors (Lipinski definition) is 1. The highest BCUT2D eigenvalue weighted by molar-refractivity contribution is 6.02. The Labute approximate surface area is 165 Å². The summed E-state index contributed by atoms with van der Waals surface area (Å²) >= 11 is 0. The van der Waals surface area contributed by atoms with Crippen molar-refractivity contribution in [3.63, 3.8) is 0 Å². The van der Waals surface area contributed by atoms with Crippen molar-refractivity contribution >= 4 is 16.9 Å². The van der Waals surface area contributed by atoms with Crippen LogP contribution in [0.25, 0.3) is 16.7 Å². The third-order valence-electron chi connectivity index (χ3n) is 4.36. The summed E-state index contributed by atoms with van der Waals surface area (Å²) < 4.78 is 13.0. The van der Waals surface area contributed by atoms with Crippen molar-refractivity contribution in [1.82, 2.24) is 19.4 Å². The number of amides is 1. The first-order valence-electron chi connectivity index (χ1n) is 8.66. The van der Waals surface area contributed by atoms with Gasteiger partial charge in [0.15, 0.2) is 5.65 Å². The molecule has 2 aromatic heterocycles. The molecule has 0 bridgehead atoms. The molecule has 29 heavy (non-hydrogen) atoms. The minimum Gasteiger partial charge on any atom is -0.497 e. The molecule has 4 aromatic rings. The van der Waals surface area contributed by atoms with E-state index in [0.717, 1.165) is 10.4 Å². The van der Waals surface area contributed by atoms with Crippen molar-refractivity contribution in [1.29, 1.82) is 0 Å². The van der Waals surface area contributed by atoms with Crippen LogP contribution in [0.3, 0.4) is 0 Å². The number of carbonyl (C=O) groups is 1. The summed E-state index contributed by atoms with van der Waals surface area (Å²) in [4.78, 5) is 29.8. The number of hydrogen-bond acceptors (Lipinski definition) is 6. The first-order valence-corrected chi connectivity index (χ1v) is 8.66. The maximum atomic E-state index is 12.8. The molecule has 0 unspecified atom stereocenters. The average molecular weight is 391 g/mol. The van der Waals surface area contributed by atoms with Gasteiger partial charge in [0.25, 0.3) is 11.5 Å². The fourth-order valence-corrected chi connectivity index (χ4v) is 2.91. The SMILES string of the molecule is COc1ccc(C(=O)Nn2cnc3c(cnn3-c3ccccc3)c2=O)c(OC)c1. The number of para-hydroxylation sites is 1. The Balaban J connectivity index is 1.68. The second kappa shape index (κ2) is 7.47. The van der Waals surface area contributed by atoms with Gasteiger partial charge in [0, 0.05) is 6.07 Å². The van der Waals surface area contributed by atoms with Crippen LogP contribution in [-0.2, 0) is 0 Å². The van der Waals surface area contributed by atoms with Gasteiger partial charge >= 0.3 is 0 Å². The first-order chi connectivity index (χ1) is 14.1. The summed E-state index contributed by atoms with van der Waals surface area (Å²) in [5.74, 6) is 0.344. The summed E-state index contributed by atoms with van der Waals surface area (Å²) in [6.45, 7) is 0. The van der Waals surface area contributed by atoms with Crippen LogP contribution < -0.4 is 20.5 Å². The topological polar surface area (TPSA) is 100 Å². The van der Waals surface area contributed by atoms with E-state index in [1.54, 1.807) is 22.9 Å². The molecule has 1 amide bonds. The second-order valence-electron chi connectivity index (χ2n) is 6.06. The zero-order valence-corrected chi connectivity index (χ0v) is 15.7. The number of methoxy groups -OCH3 is 2. The van der Waals surface area contributed by atoms with Crippen LogP contribution in [0, 0.1) is 0 Å². The number of nitrogens with one attached hydrogen (secondary N) is 1. The molecular formula is C20H17N5O4. The molecule has 0 saturated carbocycles. The molecule has 0 spiro atoms. The molecule has 0 aliphatic carbocycles. The fraction of sp³-hybridized carbons (Fsp3) is 0.100. The van der Waals surface area contributed by atoms with Crippen LogP contribution in [0.2, 0.25) is 0 Å². The lowest BCUT2D eigenvalue weighted by Gasteiger charge is -2.12. The van der Waals surface area contributed by atoms with Crippen LogP contribution in [0.15, 0.2) is 65.8 Å². The average Bonchev–Trinajstić information content (AvgIpc) is 3.20. The second-order valence-corrected chi connectivity index (χ2v) is 6.06. The molecule has 0 aliphatic heterocycles. The molecule has 146 valence electrons. The van der Waals surface area contributed by atoms with Crippen LogP contribution in [0.4, 0.5) is 0 Å². The molecule has 0 atom stereocenters. The number of rotatable bonds is 5. The highest BCUT2D eigenvalue weighted by atomic mass is 16.5. The predicted octanol–water partition coefficient (Wildman–Crippen LogP) is 1.98. The van der Waals surface area contributed by atoms with Gasteiger partial charge in [-0.2, -0.15) is 5.10 Å². The van der Waals surface area contributed by atoms with E-state index in [2.05, 4.69) is 15.5 Å². The van der Waals surface area contributed by atoms with Gasteiger partial charge < -0.3 is 9.47 Å². The van der Waals surface area contributed by atoms with E-state index in [-0.39, 0.29) is 10.9 Å². The minimum atomic E-state index is -0.525. The monoisotopic (exact) mass is 391 g/mol. The van der Waals surface area contributed by atoms with E-state index >= 15 is 0 Å². The number of benzene rings is 2. The van der Waals surface area contributed by atoms with Crippen molar-refractivity contribution in [3.8, 4) is 17.2 Å². The maximum absolute atomic E-state index is 12.8. The first kappa shape index (κ1) is 18.2. The lowest BCUT2D eigenvalue weighted by Crippen LogP contribution is -2.33. The molecule has 9 heteroatoms. The van der Waals surface area contributed by atoms with Gasteiger partial charge in [0.1, 0.15) is 23.2 Å². The molecule has 2 heterocycles. The Bertz CT molecular complexity index is 1250.